The first-order chi connectivity index (χ1) is 14.0. The van der Waals surface area contributed by atoms with Gasteiger partial charge in [0.2, 0.25) is 11.8 Å². The predicted octanol–water partition coefficient (Wildman–Crippen LogP) is 4.78. The number of hydrogen-bond acceptors (Lipinski definition) is 4. The molecule has 1 aliphatic rings. The lowest BCUT2D eigenvalue weighted by Crippen LogP contribution is -2.48. The molecule has 0 aromatic heterocycles. The molecule has 0 saturated carbocycles. The zero-order chi connectivity index (χ0) is 20.8. The fourth-order valence-electron chi connectivity index (χ4n) is 3.21. The van der Waals surface area contributed by atoms with E-state index >= 15 is 0 Å². The Balaban J connectivity index is 1.64. The van der Waals surface area contributed by atoms with E-state index in [0.717, 1.165) is 10.6 Å². The average Bonchev–Trinajstić information content (AvgIpc) is 2.73. The molecular formula is C21H23Cl2N3O2S. The van der Waals surface area contributed by atoms with E-state index in [9.17, 15) is 9.59 Å². The van der Waals surface area contributed by atoms with Crippen LogP contribution in [0.4, 0.5) is 11.4 Å². The van der Waals surface area contributed by atoms with Crippen LogP contribution < -0.4 is 10.2 Å². The second-order valence-electron chi connectivity index (χ2n) is 6.65. The Labute approximate surface area is 185 Å². The molecule has 0 bridgehead atoms. The monoisotopic (exact) mass is 451 g/mol. The number of carbonyl (C=O) groups excluding carboxylic acids is 2. The van der Waals surface area contributed by atoms with Crippen molar-refractivity contribution in [2.75, 3.05) is 42.1 Å². The molecule has 1 N–H and O–H groups in total. The fourth-order valence-corrected chi connectivity index (χ4v) is 4.33. The number of para-hydroxylation sites is 1. The topological polar surface area (TPSA) is 52.7 Å². The normalized spacial score (nSPS) is 14.0. The Bertz CT molecular complexity index is 869. The molecule has 3 rings (SSSR count). The Kier molecular flexibility index (Phi) is 7.70. The molecule has 1 fully saturated rings. The van der Waals surface area contributed by atoms with Crippen LogP contribution in [0.15, 0.2) is 47.4 Å². The van der Waals surface area contributed by atoms with Crippen LogP contribution in [0.5, 0.6) is 0 Å². The van der Waals surface area contributed by atoms with Crippen LogP contribution in [0.2, 0.25) is 10.0 Å². The first-order valence-corrected chi connectivity index (χ1v) is 11.2. The summed E-state index contributed by atoms with van der Waals surface area (Å²) < 4.78 is 0. The summed E-state index contributed by atoms with van der Waals surface area (Å²) in [5.41, 5.74) is 1.50. The van der Waals surface area contributed by atoms with Gasteiger partial charge in [0.05, 0.1) is 22.2 Å². The number of nitrogens with one attached hydrogen (secondary N) is 1. The molecule has 0 aliphatic carbocycles. The van der Waals surface area contributed by atoms with Gasteiger partial charge in [-0.25, -0.2) is 0 Å². The minimum Gasteiger partial charge on any atom is -0.365 e. The zero-order valence-electron chi connectivity index (χ0n) is 16.2. The van der Waals surface area contributed by atoms with E-state index in [-0.39, 0.29) is 17.6 Å². The van der Waals surface area contributed by atoms with E-state index in [1.165, 1.54) is 11.8 Å². The number of thioether (sulfide) groups is 1. The molecule has 2 aromatic rings. The quantitative estimate of drug-likeness (QED) is 0.641. The number of nitrogens with zero attached hydrogens (tertiary/aromatic N) is 2. The Morgan fingerprint density at radius 1 is 1.03 bits per heavy atom. The molecule has 8 heteroatoms. The summed E-state index contributed by atoms with van der Waals surface area (Å²) in [5.74, 6) is 0.344. The van der Waals surface area contributed by atoms with Crippen molar-refractivity contribution in [3.63, 3.8) is 0 Å². The third-order valence-electron chi connectivity index (χ3n) is 4.70. The van der Waals surface area contributed by atoms with Gasteiger partial charge in [0.25, 0.3) is 0 Å². The number of halogens is 2. The van der Waals surface area contributed by atoms with Gasteiger partial charge in [-0.05, 0) is 36.4 Å². The van der Waals surface area contributed by atoms with Crippen LogP contribution in [-0.4, -0.2) is 48.6 Å². The molecule has 29 heavy (non-hydrogen) atoms. The summed E-state index contributed by atoms with van der Waals surface area (Å²) in [4.78, 5) is 29.4. The Hall–Kier alpha value is -1.89. The van der Waals surface area contributed by atoms with Crippen LogP contribution in [0.25, 0.3) is 0 Å². The Morgan fingerprint density at radius 2 is 1.72 bits per heavy atom. The molecule has 0 atom stereocenters. The van der Waals surface area contributed by atoms with Gasteiger partial charge in [-0.3, -0.25) is 9.59 Å². The van der Waals surface area contributed by atoms with Crippen LogP contribution in [0, 0.1) is 0 Å². The lowest BCUT2D eigenvalue weighted by molar-refractivity contribution is -0.131. The highest BCUT2D eigenvalue weighted by molar-refractivity contribution is 8.00. The second kappa shape index (κ2) is 10.2. The van der Waals surface area contributed by atoms with Gasteiger partial charge >= 0.3 is 0 Å². The number of carbonyl (C=O) groups is 2. The molecule has 5 nitrogen and oxygen atoms in total. The number of hydrogen-bond donors (Lipinski definition) is 1. The van der Waals surface area contributed by atoms with Crippen molar-refractivity contribution in [1.29, 1.82) is 0 Å². The summed E-state index contributed by atoms with van der Waals surface area (Å²) in [6.07, 6.45) is 0.513. The highest BCUT2D eigenvalue weighted by Gasteiger charge is 2.23. The highest BCUT2D eigenvalue weighted by Crippen LogP contribution is 2.35. The first kappa shape index (κ1) is 21.8. The van der Waals surface area contributed by atoms with Gasteiger partial charge < -0.3 is 15.1 Å². The molecule has 2 aromatic carbocycles. The van der Waals surface area contributed by atoms with Crippen molar-refractivity contribution >= 4 is 58.2 Å². The molecule has 1 heterocycles. The molecule has 1 saturated heterocycles. The molecule has 0 spiro atoms. The van der Waals surface area contributed by atoms with E-state index < -0.39 is 0 Å². The minimum absolute atomic E-state index is 0.103. The number of amides is 2. The van der Waals surface area contributed by atoms with E-state index in [2.05, 4.69) is 10.2 Å². The van der Waals surface area contributed by atoms with E-state index in [4.69, 9.17) is 23.2 Å². The zero-order valence-corrected chi connectivity index (χ0v) is 18.5. The minimum atomic E-state index is -0.103. The second-order valence-corrected chi connectivity index (χ2v) is 8.54. The van der Waals surface area contributed by atoms with E-state index in [1.54, 1.807) is 12.1 Å². The SMILES string of the molecule is CCC(=O)N1CCN(c2c(Cl)cccc2NC(=O)CSc2ccc(Cl)cc2)CC1. The van der Waals surface area contributed by atoms with Gasteiger partial charge in [-0.1, -0.05) is 36.2 Å². The van der Waals surface area contributed by atoms with Gasteiger partial charge in [0, 0.05) is 42.5 Å². The third kappa shape index (κ3) is 5.81. The summed E-state index contributed by atoms with van der Waals surface area (Å²) in [5, 5.41) is 4.24. The van der Waals surface area contributed by atoms with Crippen molar-refractivity contribution in [3.8, 4) is 0 Å². The number of benzene rings is 2. The number of piperazine rings is 1. The largest absolute Gasteiger partial charge is 0.365 e. The molecule has 1 aliphatic heterocycles. The summed E-state index contributed by atoms with van der Waals surface area (Å²) in [7, 11) is 0. The third-order valence-corrected chi connectivity index (χ3v) is 6.26. The maximum atomic E-state index is 12.5. The average molecular weight is 452 g/mol. The van der Waals surface area contributed by atoms with Crippen LogP contribution in [-0.2, 0) is 9.59 Å². The number of anilines is 2. The molecule has 0 unspecified atom stereocenters. The smallest absolute Gasteiger partial charge is 0.234 e. The standard InChI is InChI=1S/C21H23Cl2N3O2S/c1-2-20(28)25-10-12-26(13-11-25)21-17(23)4-3-5-18(21)24-19(27)14-29-16-8-6-15(22)7-9-16/h3-9H,2,10-14H2,1H3,(H,24,27). The molecular weight excluding hydrogens is 429 g/mol. The lowest BCUT2D eigenvalue weighted by Gasteiger charge is -2.37. The molecule has 154 valence electrons. The summed E-state index contributed by atoms with van der Waals surface area (Å²) in [6, 6.07) is 12.9. The molecule has 2 amide bonds. The van der Waals surface area contributed by atoms with Gasteiger partial charge in [0.15, 0.2) is 0 Å². The van der Waals surface area contributed by atoms with Crippen molar-refractivity contribution in [3.05, 3.63) is 52.5 Å². The lowest BCUT2D eigenvalue weighted by atomic mass is 10.2. The van der Waals surface area contributed by atoms with Gasteiger partial charge in [-0.2, -0.15) is 0 Å². The van der Waals surface area contributed by atoms with E-state index in [1.807, 2.05) is 42.2 Å². The summed E-state index contributed by atoms with van der Waals surface area (Å²) >= 11 is 13.8. The fraction of sp³-hybridized carbons (Fsp3) is 0.333. The van der Waals surface area contributed by atoms with Crippen molar-refractivity contribution < 1.29 is 9.59 Å². The predicted molar refractivity (Wildman–Crippen MR) is 121 cm³/mol. The maximum Gasteiger partial charge on any atom is 0.234 e. The van der Waals surface area contributed by atoms with Crippen molar-refractivity contribution in [2.24, 2.45) is 0 Å². The maximum absolute atomic E-state index is 12.5. The molecule has 0 radical (unpaired) electrons. The van der Waals surface area contributed by atoms with Crippen LogP contribution in [0.3, 0.4) is 0 Å². The first-order valence-electron chi connectivity index (χ1n) is 9.47. The van der Waals surface area contributed by atoms with Gasteiger partial charge in [0.1, 0.15) is 0 Å². The summed E-state index contributed by atoms with van der Waals surface area (Å²) in [6.45, 7) is 4.53. The van der Waals surface area contributed by atoms with Crippen molar-refractivity contribution in [1.82, 2.24) is 4.90 Å². The van der Waals surface area contributed by atoms with Gasteiger partial charge in [-0.15, -0.1) is 11.8 Å². The Morgan fingerprint density at radius 3 is 2.38 bits per heavy atom. The van der Waals surface area contributed by atoms with Crippen molar-refractivity contribution in [2.45, 2.75) is 18.2 Å². The van der Waals surface area contributed by atoms with Crippen LogP contribution in [0.1, 0.15) is 13.3 Å². The van der Waals surface area contributed by atoms with Crippen LogP contribution >= 0.6 is 35.0 Å². The number of rotatable bonds is 6. The highest BCUT2D eigenvalue weighted by atomic mass is 35.5. The van der Waals surface area contributed by atoms with E-state index in [0.29, 0.717) is 48.3 Å².